The zero-order valence-corrected chi connectivity index (χ0v) is 17.1. The van der Waals surface area contributed by atoms with E-state index in [-0.39, 0.29) is 23.8 Å². The number of carbonyl (C=O) groups is 1. The molecule has 30 heavy (non-hydrogen) atoms. The molecular weight excluding hydrogens is 382 g/mol. The van der Waals surface area contributed by atoms with Crippen molar-refractivity contribution in [2.45, 2.75) is 32.7 Å². The lowest BCUT2D eigenvalue weighted by atomic mass is 9.95. The average molecular weight is 407 g/mol. The van der Waals surface area contributed by atoms with Crippen molar-refractivity contribution in [2.24, 2.45) is 11.8 Å². The minimum Gasteiger partial charge on any atom is -0.355 e. The maximum absolute atomic E-state index is 13.1. The second-order valence-electron chi connectivity index (χ2n) is 7.77. The van der Waals surface area contributed by atoms with Crippen LogP contribution in [0.1, 0.15) is 38.6 Å². The quantitative estimate of drug-likeness (QED) is 0.664. The molecule has 1 fully saturated rings. The van der Waals surface area contributed by atoms with Crippen LogP contribution in [0.5, 0.6) is 0 Å². The molecule has 1 aliphatic heterocycles. The molecule has 1 saturated heterocycles. The predicted molar refractivity (Wildman–Crippen MR) is 110 cm³/mol. The van der Waals surface area contributed by atoms with Gasteiger partial charge in [-0.2, -0.15) is 4.98 Å². The molecule has 1 amide bonds. The molecule has 4 heterocycles. The molecule has 0 aromatic carbocycles. The monoisotopic (exact) mass is 407 g/mol. The average Bonchev–Trinajstić information content (AvgIpc) is 3.28. The summed E-state index contributed by atoms with van der Waals surface area (Å²) in [5.74, 6) is 1.65. The highest BCUT2D eigenvalue weighted by atomic mass is 16.5. The summed E-state index contributed by atoms with van der Waals surface area (Å²) in [4.78, 5) is 32.2. The first-order valence-electron chi connectivity index (χ1n) is 10.2. The van der Waals surface area contributed by atoms with Crippen LogP contribution in [0.2, 0.25) is 0 Å². The highest BCUT2D eigenvalue weighted by molar-refractivity contribution is 5.80. The van der Waals surface area contributed by atoms with Crippen molar-refractivity contribution in [1.29, 1.82) is 0 Å². The Morgan fingerprint density at radius 3 is 2.77 bits per heavy atom. The van der Waals surface area contributed by atoms with Gasteiger partial charge in [0, 0.05) is 43.4 Å². The number of hydrogen-bond donors (Lipinski definition) is 1. The summed E-state index contributed by atoms with van der Waals surface area (Å²) in [6.07, 6.45) is 10.2. The number of pyridine rings is 1. The third kappa shape index (κ3) is 4.45. The molecule has 156 valence electrons. The number of nitrogens with one attached hydrogen (secondary N) is 1. The van der Waals surface area contributed by atoms with Gasteiger partial charge in [0.1, 0.15) is 11.9 Å². The van der Waals surface area contributed by atoms with E-state index in [1.807, 2.05) is 26.0 Å². The van der Waals surface area contributed by atoms with Gasteiger partial charge in [-0.3, -0.25) is 14.8 Å². The molecule has 4 rings (SSSR count). The van der Waals surface area contributed by atoms with Crippen LogP contribution >= 0.6 is 0 Å². The van der Waals surface area contributed by atoms with Crippen LogP contribution in [-0.2, 0) is 4.79 Å². The second kappa shape index (κ2) is 8.98. The standard InChI is InChI=1S/C21H25N7O2/c1-14(2)18(21-26-19(27-30-21)15-5-7-22-8-6-15)25-20(29)16-4-3-11-28(13-16)17-12-23-9-10-24-17/h5-10,12,14,16,18H,3-4,11,13H2,1-2H3,(H,25,29). The Bertz CT molecular complexity index is 962. The summed E-state index contributed by atoms with van der Waals surface area (Å²) in [6.45, 7) is 5.53. The van der Waals surface area contributed by atoms with E-state index in [9.17, 15) is 4.79 Å². The summed E-state index contributed by atoms with van der Waals surface area (Å²) < 4.78 is 5.50. The lowest BCUT2D eigenvalue weighted by molar-refractivity contribution is -0.126. The minimum absolute atomic E-state index is 0.00838. The van der Waals surface area contributed by atoms with Gasteiger partial charge in [-0.15, -0.1) is 0 Å². The first kappa shape index (κ1) is 19.9. The van der Waals surface area contributed by atoms with Crippen molar-refractivity contribution >= 4 is 11.7 Å². The Kier molecular flexibility index (Phi) is 5.97. The second-order valence-corrected chi connectivity index (χ2v) is 7.77. The topological polar surface area (TPSA) is 110 Å². The third-order valence-corrected chi connectivity index (χ3v) is 5.28. The van der Waals surface area contributed by atoms with Crippen molar-refractivity contribution in [3.8, 4) is 11.4 Å². The van der Waals surface area contributed by atoms with Gasteiger partial charge in [0.2, 0.25) is 17.6 Å². The van der Waals surface area contributed by atoms with E-state index in [0.717, 1.165) is 30.8 Å². The van der Waals surface area contributed by atoms with Crippen LogP contribution in [0.3, 0.4) is 0 Å². The smallest absolute Gasteiger partial charge is 0.249 e. The van der Waals surface area contributed by atoms with Gasteiger partial charge in [-0.25, -0.2) is 4.98 Å². The Morgan fingerprint density at radius 2 is 2.03 bits per heavy atom. The van der Waals surface area contributed by atoms with Gasteiger partial charge in [-0.05, 0) is 30.9 Å². The molecular formula is C21H25N7O2. The van der Waals surface area contributed by atoms with Crippen molar-refractivity contribution < 1.29 is 9.32 Å². The van der Waals surface area contributed by atoms with Crippen LogP contribution in [0.4, 0.5) is 5.82 Å². The highest BCUT2D eigenvalue weighted by Gasteiger charge is 2.31. The molecule has 1 N–H and O–H groups in total. The molecule has 2 atom stereocenters. The number of nitrogens with zero attached hydrogens (tertiary/aromatic N) is 6. The lowest BCUT2D eigenvalue weighted by Gasteiger charge is -2.33. The molecule has 1 aliphatic rings. The fourth-order valence-electron chi connectivity index (χ4n) is 3.62. The third-order valence-electron chi connectivity index (χ3n) is 5.28. The van der Waals surface area contributed by atoms with E-state index >= 15 is 0 Å². The summed E-state index contributed by atoms with van der Waals surface area (Å²) >= 11 is 0. The van der Waals surface area contributed by atoms with Gasteiger partial charge < -0.3 is 14.7 Å². The molecule has 0 spiro atoms. The van der Waals surface area contributed by atoms with E-state index < -0.39 is 0 Å². The van der Waals surface area contributed by atoms with Gasteiger partial charge in [0.25, 0.3) is 0 Å². The fraction of sp³-hybridized carbons (Fsp3) is 0.429. The molecule has 0 saturated carbocycles. The number of aromatic nitrogens is 5. The predicted octanol–water partition coefficient (Wildman–Crippen LogP) is 2.65. The Balaban J connectivity index is 1.45. The number of anilines is 1. The van der Waals surface area contributed by atoms with E-state index in [4.69, 9.17) is 4.52 Å². The fourth-order valence-corrected chi connectivity index (χ4v) is 3.62. The van der Waals surface area contributed by atoms with Crippen molar-refractivity contribution in [2.75, 3.05) is 18.0 Å². The van der Waals surface area contributed by atoms with Crippen molar-refractivity contribution in [3.05, 3.63) is 49.0 Å². The normalized spacial score (nSPS) is 17.7. The number of piperidine rings is 1. The van der Waals surface area contributed by atoms with Crippen LogP contribution in [0, 0.1) is 11.8 Å². The first-order chi connectivity index (χ1) is 14.6. The number of amides is 1. The van der Waals surface area contributed by atoms with Crippen LogP contribution in [0.15, 0.2) is 47.6 Å². The molecule has 0 bridgehead atoms. The molecule has 9 nitrogen and oxygen atoms in total. The summed E-state index contributed by atoms with van der Waals surface area (Å²) in [6, 6.07) is 3.29. The van der Waals surface area contributed by atoms with E-state index in [2.05, 4.69) is 35.3 Å². The minimum atomic E-state index is -0.354. The van der Waals surface area contributed by atoms with Crippen LogP contribution in [0.25, 0.3) is 11.4 Å². The Hall–Kier alpha value is -3.36. The van der Waals surface area contributed by atoms with Crippen LogP contribution < -0.4 is 10.2 Å². The maximum Gasteiger partial charge on any atom is 0.249 e. The zero-order valence-electron chi connectivity index (χ0n) is 17.1. The molecule has 9 heteroatoms. The van der Waals surface area contributed by atoms with Gasteiger partial charge in [-0.1, -0.05) is 19.0 Å². The molecule has 0 aliphatic carbocycles. The molecule has 0 radical (unpaired) electrons. The lowest BCUT2D eigenvalue weighted by Crippen LogP contribution is -2.45. The molecule has 3 aromatic rings. The highest BCUT2D eigenvalue weighted by Crippen LogP contribution is 2.26. The number of rotatable bonds is 6. The first-order valence-corrected chi connectivity index (χ1v) is 10.2. The molecule has 3 aromatic heterocycles. The van der Waals surface area contributed by atoms with Crippen LogP contribution in [-0.4, -0.2) is 44.1 Å². The Labute approximate surface area is 175 Å². The van der Waals surface area contributed by atoms with E-state index in [1.54, 1.807) is 31.0 Å². The Morgan fingerprint density at radius 1 is 1.20 bits per heavy atom. The SMILES string of the molecule is CC(C)C(NC(=O)C1CCCN(c2cnccn2)C1)c1nc(-c2ccncc2)no1. The van der Waals surface area contributed by atoms with Gasteiger partial charge in [0.05, 0.1) is 12.1 Å². The van der Waals surface area contributed by atoms with Gasteiger partial charge >= 0.3 is 0 Å². The van der Waals surface area contributed by atoms with Gasteiger partial charge in [0.15, 0.2) is 0 Å². The van der Waals surface area contributed by atoms with Crippen molar-refractivity contribution in [1.82, 2.24) is 30.4 Å². The maximum atomic E-state index is 13.1. The number of hydrogen-bond acceptors (Lipinski definition) is 8. The van der Waals surface area contributed by atoms with E-state index in [0.29, 0.717) is 18.3 Å². The van der Waals surface area contributed by atoms with E-state index in [1.165, 1.54) is 0 Å². The molecule has 2 unspecified atom stereocenters. The largest absolute Gasteiger partial charge is 0.355 e. The zero-order chi connectivity index (χ0) is 20.9. The summed E-state index contributed by atoms with van der Waals surface area (Å²) in [5.41, 5.74) is 0.820. The van der Waals surface area contributed by atoms with Crippen molar-refractivity contribution in [3.63, 3.8) is 0 Å². The summed E-state index contributed by atoms with van der Waals surface area (Å²) in [7, 11) is 0. The number of carbonyl (C=O) groups excluding carboxylic acids is 1. The summed E-state index contributed by atoms with van der Waals surface area (Å²) in [5, 5.41) is 7.20.